The van der Waals surface area contributed by atoms with Crippen LogP contribution in [0.15, 0.2) is 17.1 Å². The first-order chi connectivity index (χ1) is 5.13. The Labute approximate surface area is 69.2 Å². The maximum Gasteiger partial charge on any atom is 0.258 e. The number of nitrogens with two attached hydrogens (primary N) is 1. The number of hydrogen-bond acceptors (Lipinski definition) is 2. The Balaban J connectivity index is 3.45. The quantitative estimate of drug-likeness (QED) is 0.594. The average molecular weight is 168 g/mol. The van der Waals surface area contributed by atoms with Gasteiger partial charge in [0.2, 0.25) is 0 Å². The third-order valence-corrected chi connectivity index (χ3v) is 1.62. The number of aromatic amines is 1. The van der Waals surface area contributed by atoms with Crippen LogP contribution in [-0.2, 0) is 0 Å². The molecule has 0 aliphatic heterocycles. The van der Waals surface area contributed by atoms with Crippen molar-refractivity contribution in [2.45, 2.75) is 6.92 Å². The van der Waals surface area contributed by atoms with Gasteiger partial charge in [0, 0.05) is 6.20 Å². The number of aryl methyl sites for hydroxylation is 1. The van der Waals surface area contributed by atoms with E-state index in [1.54, 1.807) is 19.2 Å². The first-order valence-corrected chi connectivity index (χ1v) is 3.52. The number of pyridine rings is 1. The molecule has 3 nitrogen and oxygen atoms in total. The molecule has 1 rings (SSSR count). The zero-order valence-electron chi connectivity index (χ0n) is 6.05. The van der Waals surface area contributed by atoms with E-state index in [4.69, 9.17) is 18.0 Å². The van der Waals surface area contributed by atoms with E-state index in [0.29, 0.717) is 5.56 Å². The van der Waals surface area contributed by atoms with E-state index in [0.717, 1.165) is 5.56 Å². The van der Waals surface area contributed by atoms with Crippen molar-refractivity contribution in [2.75, 3.05) is 0 Å². The van der Waals surface area contributed by atoms with E-state index in [1.165, 1.54) is 0 Å². The van der Waals surface area contributed by atoms with Crippen LogP contribution >= 0.6 is 12.2 Å². The lowest BCUT2D eigenvalue weighted by Crippen LogP contribution is -2.23. The Morgan fingerprint density at radius 3 is 2.73 bits per heavy atom. The standard InChI is InChI=1S/C7H8N2OS/c1-4-2-3-9-7(10)5(4)6(8)11/h2-3H,1H3,(H2,8,11)(H,9,10). The summed E-state index contributed by atoms with van der Waals surface area (Å²) in [6.07, 6.45) is 1.57. The fourth-order valence-corrected chi connectivity index (χ4v) is 1.14. The second-order valence-corrected chi connectivity index (χ2v) is 2.67. The molecule has 0 unspecified atom stereocenters. The molecule has 0 saturated carbocycles. The molecule has 3 N–H and O–H groups in total. The van der Waals surface area contributed by atoms with Gasteiger partial charge >= 0.3 is 0 Å². The van der Waals surface area contributed by atoms with Crippen LogP contribution in [0.2, 0.25) is 0 Å². The maximum absolute atomic E-state index is 11.1. The Kier molecular flexibility index (Phi) is 2.05. The van der Waals surface area contributed by atoms with Gasteiger partial charge in [-0.1, -0.05) is 12.2 Å². The summed E-state index contributed by atoms with van der Waals surface area (Å²) in [5.74, 6) is 0. The predicted octanol–water partition coefficient (Wildman–Crippen LogP) is 0.318. The Morgan fingerprint density at radius 1 is 1.73 bits per heavy atom. The summed E-state index contributed by atoms with van der Waals surface area (Å²) < 4.78 is 0. The number of hydrogen-bond donors (Lipinski definition) is 2. The molecule has 1 aromatic rings. The Hall–Kier alpha value is -1.16. The van der Waals surface area contributed by atoms with E-state index < -0.39 is 0 Å². The predicted molar refractivity (Wildman–Crippen MR) is 47.7 cm³/mol. The first kappa shape index (κ1) is 7.94. The molecule has 0 radical (unpaired) electrons. The van der Waals surface area contributed by atoms with Crippen LogP contribution in [0, 0.1) is 6.92 Å². The normalized spacial score (nSPS) is 9.55. The number of H-pyrrole nitrogens is 1. The minimum atomic E-state index is -0.225. The van der Waals surface area contributed by atoms with Crippen molar-refractivity contribution < 1.29 is 0 Å². The molecule has 0 amide bonds. The fourth-order valence-electron chi connectivity index (χ4n) is 0.883. The molecule has 0 aromatic carbocycles. The molecule has 0 saturated heterocycles. The lowest BCUT2D eigenvalue weighted by atomic mass is 10.1. The monoisotopic (exact) mass is 168 g/mol. The van der Waals surface area contributed by atoms with Gasteiger partial charge in [0.25, 0.3) is 5.56 Å². The van der Waals surface area contributed by atoms with Gasteiger partial charge in [-0.15, -0.1) is 0 Å². The minimum Gasteiger partial charge on any atom is -0.389 e. The molecule has 0 fully saturated rings. The number of nitrogens with one attached hydrogen (secondary N) is 1. The van der Waals surface area contributed by atoms with Crippen LogP contribution in [0.5, 0.6) is 0 Å². The summed E-state index contributed by atoms with van der Waals surface area (Å²) in [5.41, 5.74) is 6.31. The second kappa shape index (κ2) is 2.84. The van der Waals surface area contributed by atoms with Crippen LogP contribution in [0.1, 0.15) is 11.1 Å². The number of aromatic nitrogens is 1. The van der Waals surface area contributed by atoms with E-state index >= 15 is 0 Å². The fraction of sp³-hybridized carbons (Fsp3) is 0.143. The number of thiocarbonyl (C=S) groups is 1. The molecule has 1 aromatic heterocycles. The molecule has 0 atom stereocenters. The summed E-state index contributed by atoms with van der Waals surface area (Å²) in [6, 6.07) is 1.76. The average Bonchev–Trinajstić information content (AvgIpc) is 1.85. The Bertz CT molecular complexity index is 343. The molecule has 0 bridgehead atoms. The minimum absolute atomic E-state index is 0.143. The van der Waals surface area contributed by atoms with Gasteiger partial charge in [-0.2, -0.15) is 0 Å². The van der Waals surface area contributed by atoms with Crippen molar-refractivity contribution in [1.29, 1.82) is 0 Å². The maximum atomic E-state index is 11.1. The molecule has 0 aliphatic rings. The van der Waals surface area contributed by atoms with E-state index in [-0.39, 0.29) is 10.5 Å². The number of rotatable bonds is 1. The SMILES string of the molecule is Cc1cc[nH]c(=O)c1C(N)=S. The zero-order valence-corrected chi connectivity index (χ0v) is 6.87. The summed E-state index contributed by atoms with van der Waals surface area (Å²) in [5, 5.41) is 0. The molecule has 58 valence electrons. The lowest BCUT2D eigenvalue weighted by Gasteiger charge is -1.99. The van der Waals surface area contributed by atoms with Crippen LogP contribution in [0.3, 0.4) is 0 Å². The molecular formula is C7H8N2OS. The van der Waals surface area contributed by atoms with E-state index in [9.17, 15) is 4.79 Å². The van der Waals surface area contributed by atoms with Crippen molar-refractivity contribution in [3.8, 4) is 0 Å². The largest absolute Gasteiger partial charge is 0.389 e. The van der Waals surface area contributed by atoms with Gasteiger partial charge in [-0.25, -0.2) is 0 Å². The van der Waals surface area contributed by atoms with Crippen LogP contribution in [0.4, 0.5) is 0 Å². The third-order valence-electron chi connectivity index (χ3n) is 1.42. The summed E-state index contributed by atoms with van der Waals surface area (Å²) in [4.78, 5) is 13.7. The van der Waals surface area contributed by atoms with Crippen molar-refractivity contribution in [2.24, 2.45) is 5.73 Å². The van der Waals surface area contributed by atoms with Gasteiger partial charge in [-0.05, 0) is 18.6 Å². The topological polar surface area (TPSA) is 58.9 Å². The smallest absolute Gasteiger partial charge is 0.258 e. The third kappa shape index (κ3) is 1.46. The van der Waals surface area contributed by atoms with Crippen LogP contribution in [0.25, 0.3) is 0 Å². The van der Waals surface area contributed by atoms with Crippen LogP contribution in [-0.4, -0.2) is 9.97 Å². The summed E-state index contributed by atoms with van der Waals surface area (Å²) >= 11 is 4.69. The van der Waals surface area contributed by atoms with Gasteiger partial charge in [-0.3, -0.25) is 4.79 Å². The van der Waals surface area contributed by atoms with Gasteiger partial charge < -0.3 is 10.7 Å². The summed E-state index contributed by atoms with van der Waals surface area (Å²) in [6.45, 7) is 1.80. The second-order valence-electron chi connectivity index (χ2n) is 2.23. The zero-order chi connectivity index (χ0) is 8.43. The summed E-state index contributed by atoms with van der Waals surface area (Å²) in [7, 11) is 0. The van der Waals surface area contributed by atoms with Crippen LogP contribution < -0.4 is 11.3 Å². The highest BCUT2D eigenvalue weighted by atomic mass is 32.1. The molecule has 4 heteroatoms. The van der Waals surface area contributed by atoms with E-state index in [2.05, 4.69) is 4.98 Å². The van der Waals surface area contributed by atoms with Crippen molar-refractivity contribution >= 4 is 17.2 Å². The molecular weight excluding hydrogens is 160 g/mol. The molecule has 0 aliphatic carbocycles. The van der Waals surface area contributed by atoms with Crippen molar-refractivity contribution in [1.82, 2.24) is 4.98 Å². The van der Waals surface area contributed by atoms with Gasteiger partial charge in [0.1, 0.15) is 4.99 Å². The molecule has 0 spiro atoms. The van der Waals surface area contributed by atoms with Gasteiger partial charge in [0.15, 0.2) is 0 Å². The van der Waals surface area contributed by atoms with Crippen molar-refractivity contribution in [3.63, 3.8) is 0 Å². The molecule has 11 heavy (non-hydrogen) atoms. The highest BCUT2D eigenvalue weighted by molar-refractivity contribution is 7.80. The lowest BCUT2D eigenvalue weighted by molar-refractivity contribution is 1.19. The highest BCUT2D eigenvalue weighted by Crippen LogP contribution is 1.98. The Morgan fingerprint density at radius 2 is 2.36 bits per heavy atom. The van der Waals surface area contributed by atoms with Crippen molar-refractivity contribution in [3.05, 3.63) is 33.7 Å². The molecule has 1 heterocycles. The first-order valence-electron chi connectivity index (χ1n) is 3.11. The highest BCUT2D eigenvalue weighted by Gasteiger charge is 2.04. The van der Waals surface area contributed by atoms with E-state index in [1.807, 2.05) is 0 Å². The van der Waals surface area contributed by atoms with Gasteiger partial charge in [0.05, 0.1) is 5.56 Å².